The van der Waals surface area contributed by atoms with Gasteiger partial charge in [0.2, 0.25) is 0 Å². The van der Waals surface area contributed by atoms with E-state index in [0.29, 0.717) is 24.7 Å². The third-order valence-electron chi connectivity index (χ3n) is 6.08. The molecule has 0 amide bonds. The highest BCUT2D eigenvalue weighted by molar-refractivity contribution is 6.31. The van der Waals surface area contributed by atoms with Crippen molar-refractivity contribution in [3.8, 4) is 0 Å². The van der Waals surface area contributed by atoms with Crippen LogP contribution in [0.1, 0.15) is 29.6 Å². The van der Waals surface area contributed by atoms with Gasteiger partial charge in [-0.15, -0.1) is 0 Å². The van der Waals surface area contributed by atoms with Gasteiger partial charge in [0.25, 0.3) is 5.56 Å². The van der Waals surface area contributed by atoms with Crippen LogP contribution in [0.15, 0.2) is 47.4 Å². The number of likely N-dealkylation sites (tertiary alicyclic amines) is 1. The number of hydrogen-bond donors (Lipinski definition) is 2. The van der Waals surface area contributed by atoms with Crippen molar-refractivity contribution in [1.29, 1.82) is 0 Å². The van der Waals surface area contributed by atoms with Crippen molar-refractivity contribution in [2.24, 2.45) is 5.92 Å². The van der Waals surface area contributed by atoms with Crippen molar-refractivity contribution < 1.29 is 9.90 Å². The van der Waals surface area contributed by atoms with Crippen LogP contribution in [0, 0.1) is 5.92 Å². The second-order valence-electron chi connectivity index (χ2n) is 7.83. The van der Waals surface area contributed by atoms with E-state index in [0.717, 1.165) is 28.6 Å². The summed E-state index contributed by atoms with van der Waals surface area (Å²) in [6, 6.07) is 10.1. The number of H-pyrrole nitrogens is 1. The molecule has 4 heterocycles. The van der Waals surface area contributed by atoms with E-state index >= 15 is 0 Å². The molecule has 2 aliphatic rings. The molecule has 144 valence electrons. The van der Waals surface area contributed by atoms with E-state index in [1.807, 2.05) is 22.8 Å². The van der Waals surface area contributed by atoms with Gasteiger partial charge < -0.3 is 14.7 Å². The number of nitrogens with zero attached hydrogens (tertiary/aromatic N) is 2. The molecule has 0 radical (unpaired) electrons. The Labute approximate surface area is 166 Å². The quantitative estimate of drug-likeness (QED) is 0.711. The molecular weight excluding hydrogens is 378 g/mol. The second-order valence-corrected chi connectivity index (χ2v) is 8.26. The average molecular weight is 398 g/mol. The Kier molecular flexibility index (Phi) is 4.07. The zero-order valence-corrected chi connectivity index (χ0v) is 15.9. The van der Waals surface area contributed by atoms with Crippen molar-refractivity contribution in [1.82, 2.24) is 14.5 Å². The minimum absolute atomic E-state index is 0.0314. The summed E-state index contributed by atoms with van der Waals surface area (Å²) in [5, 5.41) is 11.6. The number of pyridine rings is 1. The third-order valence-corrected chi connectivity index (χ3v) is 6.31. The predicted octanol–water partition coefficient (Wildman–Crippen LogP) is 3.23. The number of aromatic amines is 1. The molecule has 3 atom stereocenters. The van der Waals surface area contributed by atoms with E-state index in [-0.39, 0.29) is 17.4 Å². The number of carboxylic acids is 1. The third kappa shape index (κ3) is 2.75. The minimum Gasteiger partial charge on any atom is -0.480 e. The highest BCUT2D eigenvalue weighted by Crippen LogP contribution is 2.39. The monoisotopic (exact) mass is 397 g/mol. The Morgan fingerprint density at radius 2 is 2.07 bits per heavy atom. The Balaban J connectivity index is 1.54. The molecule has 2 aromatic heterocycles. The maximum atomic E-state index is 12.3. The number of carbonyl (C=O) groups is 1. The van der Waals surface area contributed by atoms with Gasteiger partial charge in [0, 0.05) is 65.0 Å². The van der Waals surface area contributed by atoms with Crippen LogP contribution in [0.3, 0.4) is 0 Å². The van der Waals surface area contributed by atoms with E-state index < -0.39 is 12.0 Å². The number of fused-ring (bicyclic) bond motifs is 5. The smallest absolute Gasteiger partial charge is 0.325 e. The highest BCUT2D eigenvalue weighted by atomic mass is 35.5. The molecule has 2 aliphatic heterocycles. The topological polar surface area (TPSA) is 78.3 Å². The van der Waals surface area contributed by atoms with Gasteiger partial charge >= 0.3 is 5.97 Å². The fraction of sp³-hybridized carbons (Fsp3) is 0.333. The number of carboxylic acid groups (broad SMARTS) is 1. The van der Waals surface area contributed by atoms with Crippen molar-refractivity contribution >= 4 is 28.5 Å². The maximum Gasteiger partial charge on any atom is 0.325 e. The Hall–Kier alpha value is -2.57. The van der Waals surface area contributed by atoms with Crippen LogP contribution in [0.2, 0.25) is 5.02 Å². The number of rotatable bonds is 3. The summed E-state index contributed by atoms with van der Waals surface area (Å²) in [6.45, 7) is 1.93. The van der Waals surface area contributed by atoms with Crippen LogP contribution in [-0.2, 0) is 11.3 Å². The van der Waals surface area contributed by atoms with E-state index in [1.54, 1.807) is 24.4 Å². The molecule has 28 heavy (non-hydrogen) atoms. The normalized spacial score (nSPS) is 22.8. The number of aliphatic carboxylic acids is 1. The lowest BCUT2D eigenvalue weighted by Gasteiger charge is -2.44. The van der Waals surface area contributed by atoms with Gasteiger partial charge in [-0.3, -0.25) is 14.5 Å². The summed E-state index contributed by atoms with van der Waals surface area (Å²) in [4.78, 5) is 29.7. The summed E-state index contributed by atoms with van der Waals surface area (Å²) >= 11 is 6.07. The molecular formula is C21H20ClN3O3. The van der Waals surface area contributed by atoms with Crippen LogP contribution in [0.4, 0.5) is 0 Å². The molecule has 1 fully saturated rings. The largest absolute Gasteiger partial charge is 0.480 e. The zero-order valence-electron chi connectivity index (χ0n) is 15.1. The summed E-state index contributed by atoms with van der Waals surface area (Å²) in [5.41, 5.74) is 2.64. The van der Waals surface area contributed by atoms with Gasteiger partial charge in [-0.1, -0.05) is 23.7 Å². The van der Waals surface area contributed by atoms with E-state index in [2.05, 4.69) is 9.88 Å². The lowest BCUT2D eigenvalue weighted by atomic mass is 9.82. The molecule has 6 nitrogen and oxygen atoms in total. The number of aromatic nitrogens is 2. The van der Waals surface area contributed by atoms with Crippen molar-refractivity contribution in [2.45, 2.75) is 24.9 Å². The van der Waals surface area contributed by atoms with Crippen LogP contribution < -0.4 is 5.56 Å². The molecule has 2 N–H and O–H groups in total. The lowest BCUT2D eigenvalue weighted by molar-refractivity contribution is -0.144. The molecule has 2 bridgehead atoms. The van der Waals surface area contributed by atoms with Gasteiger partial charge in [-0.2, -0.15) is 0 Å². The predicted molar refractivity (Wildman–Crippen MR) is 107 cm³/mol. The minimum atomic E-state index is -0.860. The molecule has 0 spiro atoms. The summed E-state index contributed by atoms with van der Waals surface area (Å²) in [5.74, 6) is -0.419. The summed E-state index contributed by atoms with van der Waals surface area (Å²) in [6.07, 6.45) is 2.78. The van der Waals surface area contributed by atoms with E-state index in [4.69, 9.17) is 11.6 Å². The number of halogens is 1. The first-order valence-electron chi connectivity index (χ1n) is 9.44. The lowest BCUT2D eigenvalue weighted by Crippen LogP contribution is -2.49. The molecule has 3 aromatic rings. The van der Waals surface area contributed by atoms with E-state index in [9.17, 15) is 14.7 Å². The van der Waals surface area contributed by atoms with Gasteiger partial charge in [0.05, 0.1) is 0 Å². The van der Waals surface area contributed by atoms with Crippen LogP contribution >= 0.6 is 11.6 Å². The first-order valence-corrected chi connectivity index (χ1v) is 9.82. The molecule has 0 aliphatic carbocycles. The Bertz CT molecular complexity index is 1140. The molecule has 3 unspecified atom stereocenters. The number of nitrogens with one attached hydrogen (secondary N) is 1. The van der Waals surface area contributed by atoms with Gasteiger partial charge in [0.15, 0.2) is 0 Å². The van der Waals surface area contributed by atoms with Crippen molar-refractivity contribution in [2.75, 3.05) is 13.1 Å². The SMILES string of the molecule is O=C(O)C(c1c[nH]c2cc(Cl)ccc12)N1CC2CC(C1)c1cccc(=O)n1C2. The molecule has 7 heteroatoms. The Morgan fingerprint density at radius 1 is 1.21 bits per heavy atom. The van der Waals surface area contributed by atoms with Gasteiger partial charge in [-0.05, 0) is 30.5 Å². The highest BCUT2D eigenvalue weighted by Gasteiger charge is 2.40. The van der Waals surface area contributed by atoms with E-state index in [1.165, 1.54) is 0 Å². The van der Waals surface area contributed by atoms with Crippen LogP contribution in [0.25, 0.3) is 10.9 Å². The fourth-order valence-electron chi connectivity index (χ4n) is 4.98. The molecule has 1 aromatic carbocycles. The molecule has 0 saturated carbocycles. The van der Waals surface area contributed by atoms with Gasteiger partial charge in [-0.25, -0.2) is 0 Å². The molecule has 1 saturated heterocycles. The Morgan fingerprint density at radius 3 is 2.89 bits per heavy atom. The average Bonchev–Trinajstić information content (AvgIpc) is 3.05. The van der Waals surface area contributed by atoms with Crippen LogP contribution in [0.5, 0.6) is 0 Å². The second kappa shape index (κ2) is 6.50. The standard InChI is InChI=1S/C21H20ClN3O3/c22-14-4-5-15-16(8-23-17(15)7-14)20(21(27)28)24-9-12-6-13(11-24)18-2-1-3-19(26)25(18)10-12/h1-5,7-8,12-13,20,23H,6,9-11H2,(H,27,28). The summed E-state index contributed by atoms with van der Waals surface area (Å²) in [7, 11) is 0. The fourth-order valence-corrected chi connectivity index (χ4v) is 5.15. The first-order chi connectivity index (χ1) is 13.5. The van der Waals surface area contributed by atoms with Crippen molar-refractivity contribution in [3.05, 3.63) is 69.2 Å². The van der Waals surface area contributed by atoms with Crippen molar-refractivity contribution in [3.63, 3.8) is 0 Å². The number of piperidine rings is 1. The zero-order chi connectivity index (χ0) is 19.4. The number of hydrogen-bond acceptors (Lipinski definition) is 3. The summed E-state index contributed by atoms with van der Waals surface area (Å²) < 4.78 is 1.86. The maximum absolute atomic E-state index is 12.3. The number of benzene rings is 1. The van der Waals surface area contributed by atoms with Gasteiger partial charge in [0.1, 0.15) is 6.04 Å². The first kappa shape index (κ1) is 17.5. The molecule has 5 rings (SSSR count). The van der Waals surface area contributed by atoms with Crippen LogP contribution in [-0.4, -0.2) is 38.6 Å².